The Balaban J connectivity index is 0.00000288. The molecule has 138 valence electrons. The molecule has 1 aliphatic rings. The van der Waals surface area contributed by atoms with Gasteiger partial charge in [0.2, 0.25) is 20.0 Å². The van der Waals surface area contributed by atoms with E-state index in [9.17, 15) is 21.2 Å². The minimum atomic E-state index is -3.86. The van der Waals surface area contributed by atoms with Crippen molar-refractivity contribution in [3.05, 3.63) is 24.0 Å². The lowest BCUT2D eigenvalue weighted by atomic mass is 10.1. The summed E-state index contributed by atoms with van der Waals surface area (Å²) in [5, 5.41) is 3.08. The first-order chi connectivity index (χ1) is 10.7. The van der Waals surface area contributed by atoms with Gasteiger partial charge in [-0.1, -0.05) is 0 Å². The molecule has 0 spiro atoms. The lowest BCUT2D eigenvalue weighted by Crippen LogP contribution is -2.45. The van der Waals surface area contributed by atoms with Crippen molar-refractivity contribution in [3.8, 4) is 0 Å². The molecule has 1 aliphatic heterocycles. The Morgan fingerprint density at radius 3 is 2.54 bits per heavy atom. The van der Waals surface area contributed by atoms with Crippen LogP contribution in [0.3, 0.4) is 0 Å². The van der Waals surface area contributed by atoms with Crippen molar-refractivity contribution < 1.29 is 21.2 Å². The number of nitrogens with one attached hydrogen (secondary N) is 3. The zero-order valence-corrected chi connectivity index (χ0v) is 15.5. The molecule has 0 bridgehead atoms. The van der Waals surface area contributed by atoms with Crippen LogP contribution in [-0.4, -0.2) is 41.7 Å². The summed E-state index contributed by atoms with van der Waals surface area (Å²) in [6, 6.07) is 2.85. The first-order valence-corrected chi connectivity index (χ1v) is 10.4. The van der Waals surface area contributed by atoms with Crippen molar-refractivity contribution in [2.45, 2.75) is 30.7 Å². The number of hydrogen-bond donors (Lipinski definition) is 3. The zero-order valence-electron chi connectivity index (χ0n) is 13.1. The highest BCUT2D eigenvalue weighted by molar-refractivity contribution is 7.92. The third-order valence-electron chi connectivity index (χ3n) is 3.52. The van der Waals surface area contributed by atoms with Crippen LogP contribution in [0.25, 0.3) is 0 Å². The highest BCUT2D eigenvalue weighted by Gasteiger charge is 2.23. The average molecular weight is 402 g/mol. The van der Waals surface area contributed by atoms with Gasteiger partial charge in [0.15, 0.2) is 0 Å². The summed E-state index contributed by atoms with van der Waals surface area (Å²) in [5.41, 5.74) is -0.273. The minimum absolute atomic E-state index is 0. The molecule has 7 nitrogen and oxygen atoms in total. The van der Waals surface area contributed by atoms with Crippen LogP contribution in [0, 0.1) is 5.82 Å². The molecule has 1 unspecified atom stereocenters. The SMILES string of the molecule is CCS(=O)(=O)Nc1ccc(S(=O)(=O)NC2CCCNC2)cc1F.Cl. The van der Waals surface area contributed by atoms with E-state index in [-0.39, 0.29) is 34.8 Å². The standard InChI is InChI=1S/C13H20FN3O4S2.ClH/c1-2-22(18,19)17-13-6-5-11(8-12(13)14)23(20,21)16-10-4-3-7-15-9-10;/h5-6,8,10,15-17H,2-4,7,9H2,1H3;1H. The maximum Gasteiger partial charge on any atom is 0.240 e. The monoisotopic (exact) mass is 401 g/mol. The van der Waals surface area contributed by atoms with Crippen molar-refractivity contribution in [2.75, 3.05) is 23.6 Å². The number of halogens is 2. The van der Waals surface area contributed by atoms with Gasteiger partial charge in [-0.15, -0.1) is 12.4 Å². The fourth-order valence-corrected chi connectivity index (χ4v) is 4.15. The number of anilines is 1. The Kier molecular flexibility index (Phi) is 7.42. The molecule has 1 atom stereocenters. The molecule has 1 saturated heterocycles. The number of benzene rings is 1. The molecule has 24 heavy (non-hydrogen) atoms. The summed E-state index contributed by atoms with van der Waals surface area (Å²) >= 11 is 0. The van der Waals surface area contributed by atoms with Crippen molar-refractivity contribution in [3.63, 3.8) is 0 Å². The maximum absolute atomic E-state index is 14.0. The van der Waals surface area contributed by atoms with Crippen LogP contribution >= 0.6 is 12.4 Å². The summed E-state index contributed by atoms with van der Waals surface area (Å²) < 4.78 is 66.0. The minimum Gasteiger partial charge on any atom is -0.315 e. The Hall–Kier alpha value is -0.940. The first kappa shape index (κ1) is 21.1. The van der Waals surface area contributed by atoms with E-state index in [1.54, 1.807) is 0 Å². The van der Waals surface area contributed by atoms with E-state index in [4.69, 9.17) is 0 Å². The second-order valence-corrected chi connectivity index (χ2v) is 9.04. The van der Waals surface area contributed by atoms with Gasteiger partial charge in [0, 0.05) is 12.6 Å². The lowest BCUT2D eigenvalue weighted by molar-refractivity contribution is 0.428. The quantitative estimate of drug-likeness (QED) is 0.660. The summed E-state index contributed by atoms with van der Waals surface area (Å²) in [5.74, 6) is -1.14. The van der Waals surface area contributed by atoms with Gasteiger partial charge < -0.3 is 5.32 Å². The Morgan fingerprint density at radius 2 is 2.00 bits per heavy atom. The van der Waals surface area contributed by atoms with E-state index in [2.05, 4.69) is 14.8 Å². The molecule has 0 aromatic heterocycles. The fraction of sp³-hybridized carbons (Fsp3) is 0.538. The number of sulfonamides is 2. The maximum atomic E-state index is 14.0. The molecule has 0 saturated carbocycles. The van der Waals surface area contributed by atoms with Crippen LogP contribution in [0.5, 0.6) is 0 Å². The van der Waals surface area contributed by atoms with E-state index >= 15 is 0 Å². The van der Waals surface area contributed by atoms with E-state index in [0.29, 0.717) is 13.0 Å². The molecular formula is C13H21ClFN3O4S2. The second kappa shape index (κ2) is 8.43. The Bertz CT molecular complexity index is 765. The van der Waals surface area contributed by atoms with Crippen LogP contribution in [0.4, 0.5) is 10.1 Å². The molecule has 1 aromatic rings. The van der Waals surface area contributed by atoms with Gasteiger partial charge in [0.1, 0.15) is 5.82 Å². The first-order valence-electron chi connectivity index (χ1n) is 7.26. The second-order valence-electron chi connectivity index (χ2n) is 5.31. The molecule has 1 fully saturated rings. The van der Waals surface area contributed by atoms with E-state index in [1.165, 1.54) is 13.0 Å². The molecule has 1 aromatic carbocycles. The van der Waals surface area contributed by atoms with Gasteiger partial charge in [-0.25, -0.2) is 25.9 Å². The smallest absolute Gasteiger partial charge is 0.240 e. The third-order valence-corrected chi connectivity index (χ3v) is 6.32. The van der Waals surface area contributed by atoms with E-state index < -0.39 is 25.9 Å². The van der Waals surface area contributed by atoms with Gasteiger partial charge in [-0.05, 0) is 44.5 Å². The summed E-state index contributed by atoms with van der Waals surface area (Å²) in [7, 11) is -7.49. The van der Waals surface area contributed by atoms with Crippen LogP contribution in [-0.2, 0) is 20.0 Å². The number of hydrogen-bond acceptors (Lipinski definition) is 5. The summed E-state index contributed by atoms with van der Waals surface area (Å²) in [6.45, 7) is 2.79. The van der Waals surface area contributed by atoms with Crippen molar-refractivity contribution in [1.82, 2.24) is 10.0 Å². The van der Waals surface area contributed by atoms with Crippen molar-refractivity contribution in [2.24, 2.45) is 0 Å². The number of piperidine rings is 1. The molecule has 0 radical (unpaired) electrons. The van der Waals surface area contributed by atoms with E-state index in [1.807, 2.05) is 0 Å². The molecule has 0 amide bonds. The van der Waals surface area contributed by atoms with Crippen LogP contribution in [0.1, 0.15) is 19.8 Å². The van der Waals surface area contributed by atoms with Gasteiger partial charge in [0.25, 0.3) is 0 Å². The molecule has 1 heterocycles. The van der Waals surface area contributed by atoms with Crippen LogP contribution in [0.15, 0.2) is 23.1 Å². The zero-order chi connectivity index (χ0) is 17.1. The largest absolute Gasteiger partial charge is 0.315 e. The highest BCUT2D eigenvalue weighted by Crippen LogP contribution is 2.20. The van der Waals surface area contributed by atoms with Crippen LogP contribution in [0.2, 0.25) is 0 Å². The predicted molar refractivity (Wildman–Crippen MR) is 92.9 cm³/mol. The molecule has 2 rings (SSSR count). The van der Waals surface area contributed by atoms with Gasteiger partial charge >= 0.3 is 0 Å². The topological polar surface area (TPSA) is 104 Å². The van der Waals surface area contributed by atoms with E-state index in [0.717, 1.165) is 25.1 Å². The van der Waals surface area contributed by atoms with Gasteiger partial charge in [0.05, 0.1) is 16.3 Å². The fourth-order valence-electron chi connectivity index (χ4n) is 2.23. The van der Waals surface area contributed by atoms with Gasteiger partial charge in [-0.2, -0.15) is 0 Å². The molecule has 3 N–H and O–H groups in total. The Labute approximate surface area is 147 Å². The van der Waals surface area contributed by atoms with Gasteiger partial charge in [-0.3, -0.25) is 4.72 Å². The molecule has 11 heteroatoms. The van der Waals surface area contributed by atoms with Crippen LogP contribution < -0.4 is 14.8 Å². The third kappa shape index (κ3) is 5.55. The Morgan fingerprint density at radius 1 is 1.29 bits per heavy atom. The average Bonchev–Trinajstić information content (AvgIpc) is 2.49. The summed E-state index contributed by atoms with van der Waals surface area (Å²) in [6.07, 6.45) is 1.57. The molecular weight excluding hydrogens is 381 g/mol. The highest BCUT2D eigenvalue weighted by atomic mass is 35.5. The van der Waals surface area contributed by atoms with Crippen molar-refractivity contribution >= 4 is 38.1 Å². The molecule has 0 aliphatic carbocycles. The lowest BCUT2D eigenvalue weighted by Gasteiger charge is -2.23. The summed E-state index contributed by atoms with van der Waals surface area (Å²) in [4.78, 5) is -0.236. The normalized spacial score (nSPS) is 18.7. The van der Waals surface area contributed by atoms with Crippen molar-refractivity contribution in [1.29, 1.82) is 0 Å². The number of rotatable bonds is 6. The predicted octanol–water partition coefficient (Wildman–Crippen LogP) is 1.04.